The second kappa shape index (κ2) is 9.47. The smallest absolute Gasteiger partial charge is 0.416 e. The van der Waals surface area contributed by atoms with Gasteiger partial charge in [0.15, 0.2) is 5.82 Å². The molecule has 3 aliphatic rings. The predicted octanol–water partition coefficient (Wildman–Crippen LogP) is 3.11. The van der Waals surface area contributed by atoms with Gasteiger partial charge in [-0.15, -0.1) is 0 Å². The van der Waals surface area contributed by atoms with Gasteiger partial charge in [0.1, 0.15) is 42.0 Å². The molecule has 4 heterocycles. The second-order valence-electron chi connectivity index (χ2n) is 9.73. The monoisotopic (exact) mass is 528 g/mol. The number of anilines is 1. The van der Waals surface area contributed by atoms with Gasteiger partial charge < -0.3 is 35.5 Å². The van der Waals surface area contributed by atoms with E-state index in [4.69, 9.17) is 35.6 Å². The third-order valence-electron chi connectivity index (χ3n) is 6.94. The van der Waals surface area contributed by atoms with Crippen LogP contribution in [0.2, 0.25) is 0 Å². The Morgan fingerprint density at radius 3 is 2.13 bits per heavy atom. The summed E-state index contributed by atoms with van der Waals surface area (Å²) in [7, 11) is 2.07. The number of hydrogen-bond acceptors (Lipinski definition) is 9. The summed E-state index contributed by atoms with van der Waals surface area (Å²) in [5.41, 5.74) is 12.7. The van der Waals surface area contributed by atoms with E-state index in [0.29, 0.717) is 23.0 Å². The van der Waals surface area contributed by atoms with E-state index in [1.54, 1.807) is 24.3 Å². The van der Waals surface area contributed by atoms with Crippen molar-refractivity contribution in [3.8, 4) is 22.9 Å². The number of hydrogen-bond donors (Lipinski definition) is 2. The molecule has 5 unspecified atom stereocenters. The standard InChI is InChI=1S/C26H27F3N6O3/c1-34-10-11-35(19(13-34)22-24(31)38-22)20-12-18(21-23(30)37-21)32-25(33-20)14-2-6-16(7-3-14)36-17-8-4-15(5-9-17)26(27,28)29/h2-9,12,19,21-24H,10-11,13,30-31H2,1H3. The molecule has 9 nitrogen and oxygen atoms in total. The van der Waals surface area contributed by atoms with Crippen LogP contribution in [-0.2, 0) is 15.7 Å². The molecule has 0 aliphatic carbocycles. The quantitative estimate of drug-likeness (QED) is 0.465. The first-order chi connectivity index (χ1) is 18.2. The molecule has 6 rings (SSSR count). The minimum atomic E-state index is -4.40. The van der Waals surface area contributed by atoms with Crippen molar-refractivity contribution in [1.29, 1.82) is 0 Å². The third-order valence-corrected chi connectivity index (χ3v) is 6.94. The number of alkyl halides is 3. The number of benzene rings is 2. The molecular formula is C26H27F3N6O3. The zero-order chi connectivity index (χ0) is 26.6. The number of nitrogens with two attached hydrogens (primary N) is 2. The average molecular weight is 529 g/mol. The Labute approximate surface area is 217 Å². The van der Waals surface area contributed by atoms with Crippen LogP contribution in [0.4, 0.5) is 19.0 Å². The molecule has 12 heteroatoms. The normalized spacial score (nSPS) is 27.3. The number of piperazine rings is 1. The maximum Gasteiger partial charge on any atom is 0.416 e. The highest BCUT2D eigenvalue weighted by Crippen LogP contribution is 2.38. The summed E-state index contributed by atoms with van der Waals surface area (Å²) in [6.07, 6.45) is -5.46. The lowest BCUT2D eigenvalue weighted by atomic mass is 10.1. The van der Waals surface area contributed by atoms with Crippen LogP contribution >= 0.6 is 0 Å². The van der Waals surface area contributed by atoms with Crippen molar-refractivity contribution in [2.45, 2.75) is 36.9 Å². The molecule has 2 aromatic carbocycles. The topological polar surface area (TPSA) is 119 Å². The molecule has 3 saturated heterocycles. The van der Waals surface area contributed by atoms with Gasteiger partial charge in [-0.05, 0) is 55.6 Å². The summed E-state index contributed by atoms with van der Waals surface area (Å²) >= 11 is 0. The number of nitrogens with zero attached hydrogens (tertiary/aromatic N) is 4. The van der Waals surface area contributed by atoms with Gasteiger partial charge in [-0.1, -0.05) is 0 Å². The maximum atomic E-state index is 12.8. The minimum Gasteiger partial charge on any atom is -0.457 e. The van der Waals surface area contributed by atoms with Crippen LogP contribution in [0.3, 0.4) is 0 Å². The summed E-state index contributed by atoms with van der Waals surface area (Å²) in [4.78, 5) is 14.0. The average Bonchev–Trinajstić information content (AvgIpc) is 3.81. The highest BCUT2D eigenvalue weighted by molar-refractivity contribution is 5.60. The first kappa shape index (κ1) is 25.0. The van der Waals surface area contributed by atoms with Gasteiger partial charge in [0, 0.05) is 31.3 Å². The molecule has 38 heavy (non-hydrogen) atoms. The zero-order valence-electron chi connectivity index (χ0n) is 20.5. The number of aromatic nitrogens is 2. The second-order valence-corrected chi connectivity index (χ2v) is 9.73. The summed E-state index contributed by atoms with van der Waals surface area (Å²) < 4.78 is 55.3. The van der Waals surface area contributed by atoms with E-state index in [1.165, 1.54) is 12.1 Å². The molecule has 200 valence electrons. The van der Waals surface area contributed by atoms with Crippen molar-refractivity contribution in [2.75, 3.05) is 31.6 Å². The molecular weight excluding hydrogens is 501 g/mol. The lowest BCUT2D eigenvalue weighted by molar-refractivity contribution is -0.137. The highest BCUT2D eigenvalue weighted by atomic mass is 19.4. The minimum absolute atomic E-state index is 0.0488. The van der Waals surface area contributed by atoms with Crippen LogP contribution in [0, 0.1) is 0 Å². The van der Waals surface area contributed by atoms with Crippen LogP contribution in [0.15, 0.2) is 54.6 Å². The van der Waals surface area contributed by atoms with Crippen molar-refractivity contribution in [3.05, 3.63) is 65.9 Å². The Morgan fingerprint density at radius 1 is 0.921 bits per heavy atom. The zero-order valence-corrected chi connectivity index (χ0v) is 20.5. The van der Waals surface area contributed by atoms with E-state index >= 15 is 0 Å². The fraction of sp³-hybridized carbons (Fsp3) is 0.385. The van der Waals surface area contributed by atoms with Gasteiger partial charge in [-0.3, -0.25) is 0 Å². The number of likely N-dealkylation sites (N-methyl/N-ethyl adjacent to an activating group) is 1. The lowest BCUT2D eigenvalue weighted by Gasteiger charge is -2.40. The molecule has 0 radical (unpaired) electrons. The van der Waals surface area contributed by atoms with Gasteiger partial charge in [-0.2, -0.15) is 13.2 Å². The van der Waals surface area contributed by atoms with Crippen molar-refractivity contribution >= 4 is 5.82 Å². The van der Waals surface area contributed by atoms with Gasteiger partial charge >= 0.3 is 6.18 Å². The molecule has 0 spiro atoms. The Hall–Kier alpha value is -3.29. The molecule has 1 aromatic heterocycles. The van der Waals surface area contributed by atoms with Gasteiger partial charge in [0.05, 0.1) is 17.3 Å². The molecule has 0 bridgehead atoms. The van der Waals surface area contributed by atoms with E-state index in [1.807, 2.05) is 6.07 Å². The lowest BCUT2D eigenvalue weighted by Crippen LogP contribution is -2.55. The van der Waals surface area contributed by atoms with Gasteiger partial charge in [-0.25, -0.2) is 9.97 Å². The van der Waals surface area contributed by atoms with Crippen molar-refractivity contribution < 1.29 is 27.4 Å². The Kier molecular flexibility index (Phi) is 6.23. The summed E-state index contributed by atoms with van der Waals surface area (Å²) in [5, 5.41) is 0. The van der Waals surface area contributed by atoms with Crippen LogP contribution in [0.1, 0.15) is 17.4 Å². The van der Waals surface area contributed by atoms with Crippen LogP contribution in [0.5, 0.6) is 11.5 Å². The third kappa shape index (κ3) is 5.18. The van der Waals surface area contributed by atoms with Crippen LogP contribution < -0.4 is 21.1 Å². The van der Waals surface area contributed by atoms with Gasteiger partial charge in [0.2, 0.25) is 0 Å². The maximum absolute atomic E-state index is 12.8. The predicted molar refractivity (Wildman–Crippen MR) is 132 cm³/mol. The largest absolute Gasteiger partial charge is 0.457 e. The van der Waals surface area contributed by atoms with Gasteiger partial charge in [0.25, 0.3) is 0 Å². The van der Waals surface area contributed by atoms with E-state index < -0.39 is 18.0 Å². The summed E-state index contributed by atoms with van der Waals surface area (Å²) in [6.45, 7) is 2.41. The van der Waals surface area contributed by atoms with Crippen molar-refractivity contribution in [2.24, 2.45) is 11.5 Å². The number of halogens is 3. The summed E-state index contributed by atoms with van der Waals surface area (Å²) in [6, 6.07) is 13.6. The fourth-order valence-electron chi connectivity index (χ4n) is 4.72. The van der Waals surface area contributed by atoms with E-state index in [9.17, 15) is 13.2 Å². The first-order valence-corrected chi connectivity index (χ1v) is 12.3. The van der Waals surface area contributed by atoms with E-state index in [-0.39, 0.29) is 24.5 Å². The molecule has 3 aromatic rings. The number of rotatable bonds is 6. The van der Waals surface area contributed by atoms with E-state index in [2.05, 4.69) is 16.8 Å². The highest BCUT2D eigenvalue weighted by Gasteiger charge is 2.47. The molecule has 3 aliphatic heterocycles. The first-order valence-electron chi connectivity index (χ1n) is 12.3. The SMILES string of the molecule is CN1CCN(c2cc(C3OC3N)nc(-c3ccc(Oc4ccc(C(F)(F)F)cc4)cc3)n2)C(C2OC2N)C1. The number of epoxide rings is 2. The molecule has 3 fully saturated rings. The van der Waals surface area contributed by atoms with Crippen molar-refractivity contribution in [1.82, 2.24) is 14.9 Å². The summed E-state index contributed by atoms with van der Waals surface area (Å²) in [5.74, 6) is 2.02. The van der Waals surface area contributed by atoms with Crippen molar-refractivity contribution in [3.63, 3.8) is 0 Å². The Morgan fingerprint density at radius 2 is 1.55 bits per heavy atom. The fourth-order valence-corrected chi connectivity index (χ4v) is 4.72. The molecule has 4 N–H and O–H groups in total. The van der Waals surface area contributed by atoms with Crippen LogP contribution in [0.25, 0.3) is 11.4 Å². The van der Waals surface area contributed by atoms with Crippen LogP contribution in [-0.4, -0.2) is 66.2 Å². The molecule has 0 saturated carbocycles. The molecule has 0 amide bonds. The van der Waals surface area contributed by atoms with E-state index in [0.717, 1.165) is 43.1 Å². The molecule has 5 atom stereocenters. The Bertz CT molecular complexity index is 1310. The Balaban J connectivity index is 1.26. The number of ether oxygens (including phenoxy) is 3.